The summed E-state index contributed by atoms with van der Waals surface area (Å²) in [7, 11) is 0. The molecule has 0 amide bonds. The van der Waals surface area contributed by atoms with Gasteiger partial charge in [0, 0.05) is 25.7 Å². The zero-order chi connectivity index (χ0) is 15.9. The third-order valence-electron chi connectivity index (χ3n) is 5.30. The Labute approximate surface area is 134 Å². The van der Waals surface area contributed by atoms with Gasteiger partial charge in [-0.1, -0.05) is 19.3 Å². The first-order valence-corrected chi connectivity index (χ1v) is 8.90. The molecule has 0 aromatic carbocycles. The van der Waals surface area contributed by atoms with Crippen molar-refractivity contribution >= 4 is 5.97 Å². The minimum atomic E-state index is -0.745. The van der Waals surface area contributed by atoms with E-state index in [1.807, 2.05) is 6.92 Å². The third kappa shape index (κ3) is 5.86. The summed E-state index contributed by atoms with van der Waals surface area (Å²) in [4.78, 5) is 13.0. The third-order valence-corrected chi connectivity index (χ3v) is 5.30. The second-order valence-electron chi connectivity index (χ2n) is 7.25. The van der Waals surface area contributed by atoms with Crippen LogP contribution in [0.1, 0.15) is 51.9 Å². The molecule has 3 unspecified atom stereocenters. The molecule has 5 nitrogen and oxygen atoms in total. The predicted molar refractivity (Wildman–Crippen MR) is 86.8 cm³/mol. The SMILES string of the molecule is CC(O)C1CC(NCC2CCCCC2)CN(CCC(=O)O)C1. The molecule has 1 aliphatic carbocycles. The van der Waals surface area contributed by atoms with Gasteiger partial charge in [0.1, 0.15) is 0 Å². The summed E-state index contributed by atoms with van der Waals surface area (Å²) >= 11 is 0. The van der Waals surface area contributed by atoms with Gasteiger partial charge in [0.15, 0.2) is 0 Å². The highest BCUT2D eigenvalue weighted by Gasteiger charge is 2.30. The standard InChI is InChI=1S/C17H32N2O3/c1-13(20)15-9-16(12-19(11-15)8-7-17(21)22)18-10-14-5-3-2-4-6-14/h13-16,18,20H,2-12H2,1H3,(H,21,22). The number of carbonyl (C=O) groups is 1. The lowest BCUT2D eigenvalue weighted by Gasteiger charge is -2.40. The Bertz CT molecular complexity index is 343. The number of carboxylic acid groups (broad SMARTS) is 1. The van der Waals surface area contributed by atoms with Crippen molar-refractivity contribution in [1.82, 2.24) is 10.2 Å². The molecule has 1 saturated carbocycles. The average Bonchev–Trinajstić information content (AvgIpc) is 2.52. The van der Waals surface area contributed by atoms with E-state index in [1.165, 1.54) is 32.1 Å². The molecule has 1 saturated heterocycles. The summed E-state index contributed by atoms with van der Waals surface area (Å²) in [6.07, 6.45) is 7.62. The van der Waals surface area contributed by atoms with E-state index in [0.717, 1.165) is 32.0 Å². The highest BCUT2D eigenvalue weighted by molar-refractivity contribution is 5.66. The maximum atomic E-state index is 10.8. The number of piperidine rings is 1. The predicted octanol–water partition coefficient (Wildman–Crippen LogP) is 1.70. The Hall–Kier alpha value is -0.650. The van der Waals surface area contributed by atoms with Crippen molar-refractivity contribution in [3.05, 3.63) is 0 Å². The number of hydrogen-bond donors (Lipinski definition) is 3. The Morgan fingerprint density at radius 1 is 1.27 bits per heavy atom. The van der Waals surface area contributed by atoms with Gasteiger partial charge in [0.25, 0.3) is 0 Å². The first-order valence-electron chi connectivity index (χ1n) is 8.90. The first-order chi connectivity index (χ1) is 10.5. The molecule has 3 atom stereocenters. The Balaban J connectivity index is 1.80. The quantitative estimate of drug-likeness (QED) is 0.667. The lowest BCUT2D eigenvalue weighted by Crippen LogP contribution is -2.52. The monoisotopic (exact) mass is 312 g/mol. The lowest BCUT2D eigenvalue weighted by atomic mass is 9.87. The smallest absolute Gasteiger partial charge is 0.304 e. The number of aliphatic carboxylic acids is 1. The zero-order valence-electron chi connectivity index (χ0n) is 13.8. The second-order valence-corrected chi connectivity index (χ2v) is 7.25. The van der Waals surface area contributed by atoms with E-state index in [1.54, 1.807) is 0 Å². The van der Waals surface area contributed by atoms with Crippen LogP contribution in [0.4, 0.5) is 0 Å². The van der Waals surface area contributed by atoms with Crippen LogP contribution >= 0.6 is 0 Å². The molecule has 128 valence electrons. The minimum absolute atomic E-state index is 0.182. The molecule has 2 aliphatic rings. The molecular formula is C17H32N2O3. The van der Waals surface area contributed by atoms with Gasteiger partial charge in [0.2, 0.25) is 0 Å². The summed E-state index contributed by atoms with van der Waals surface area (Å²) in [6, 6.07) is 0.379. The normalized spacial score (nSPS) is 29.4. The van der Waals surface area contributed by atoms with Gasteiger partial charge in [-0.25, -0.2) is 0 Å². The number of carboxylic acids is 1. The van der Waals surface area contributed by atoms with E-state index in [9.17, 15) is 9.90 Å². The second kappa shape index (κ2) is 8.85. The van der Waals surface area contributed by atoms with Gasteiger partial charge < -0.3 is 20.4 Å². The maximum absolute atomic E-state index is 10.8. The topological polar surface area (TPSA) is 72.8 Å². The van der Waals surface area contributed by atoms with Crippen LogP contribution < -0.4 is 5.32 Å². The molecule has 2 rings (SSSR count). The van der Waals surface area contributed by atoms with Crippen LogP contribution in [-0.4, -0.2) is 59.4 Å². The molecule has 0 radical (unpaired) electrons. The van der Waals surface area contributed by atoms with E-state index in [2.05, 4.69) is 10.2 Å². The number of aliphatic hydroxyl groups is 1. The summed E-state index contributed by atoms with van der Waals surface area (Å²) in [5.74, 6) is 0.297. The van der Waals surface area contributed by atoms with Gasteiger partial charge >= 0.3 is 5.97 Å². The van der Waals surface area contributed by atoms with Gasteiger partial charge in [-0.3, -0.25) is 4.79 Å². The fourth-order valence-electron chi connectivity index (χ4n) is 3.89. The summed E-state index contributed by atoms with van der Waals surface area (Å²) in [6.45, 7) is 5.23. The van der Waals surface area contributed by atoms with Gasteiger partial charge in [-0.05, 0) is 44.6 Å². The van der Waals surface area contributed by atoms with E-state index < -0.39 is 5.97 Å². The van der Waals surface area contributed by atoms with Crippen LogP contribution in [0, 0.1) is 11.8 Å². The fourth-order valence-corrected chi connectivity index (χ4v) is 3.89. The highest BCUT2D eigenvalue weighted by Crippen LogP contribution is 2.24. The van der Waals surface area contributed by atoms with Crippen molar-refractivity contribution in [3.8, 4) is 0 Å². The largest absolute Gasteiger partial charge is 0.481 e. The van der Waals surface area contributed by atoms with E-state index >= 15 is 0 Å². The van der Waals surface area contributed by atoms with Crippen molar-refractivity contribution < 1.29 is 15.0 Å². The number of aliphatic hydroxyl groups excluding tert-OH is 1. The number of nitrogens with zero attached hydrogens (tertiary/aromatic N) is 1. The number of hydrogen-bond acceptors (Lipinski definition) is 4. The van der Waals surface area contributed by atoms with Crippen LogP contribution in [0.2, 0.25) is 0 Å². The number of rotatable bonds is 7. The summed E-state index contributed by atoms with van der Waals surface area (Å²) < 4.78 is 0. The number of nitrogens with one attached hydrogen (secondary N) is 1. The summed E-state index contributed by atoms with van der Waals surface area (Å²) in [5.41, 5.74) is 0. The molecular weight excluding hydrogens is 280 g/mol. The van der Waals surface area contributed by atoms with Crippen molar-refractivity contribution in [2.24, 2.45) is 11.8 Å². The van der Waals surface area contributed by atoms with Gasteiger partial charge in [0.05, 0.1) is 12.5 Å². The van der Waals surface area contributed by atoms with Crippen molar-refractivity contribution in [1.29, 1.82) is 0 Å². The summed E-state index contributed by atoms with van der Waals surface area (Å²) in [5, 5.41) is 22.5. The molecule has 5 heteroatoms. The fraction of sp³-hybridized carbons (Fsp3) is 0.941. The van der Waals surface area contributed by atoms with Crippen LogP contribution in [0.15, 0.2) is 0 Å². The van der Waals surface area contributed by atoms with Crippen LogP contribution in [-0.2, 0) is 4.79 Å². The molecule has 0 aromatic rings. The van der Waals surface area contributed by atoms with E-state index in [4.69, 9.17) is 5.11 Å². The minimum Gasteiger partial charge on any atom is -0.481 e. The number of likely N-dealkylation sites (tertiary alicyclic amines) is 1. The van der Waals surface area contributed by atoms with Gasteiger partial charge in [-0.2, -0.15) is 0 Å². The van der Waals surface area contributed by atoms with Crippen LogP contribution in [0.25, 0.3) is 0 Å². The first kappa shape index (κ1) is 17.7. The van der Waals surface area contributed by atoms with Crippen molar-refractivity contribution in [2.75, 3.05) is 26.2 Å². The highest BCUT2D eigenvalue weighted by atomic mass is 16.4. The Morgan fingerprint density at radius 3 is 2.64 bits per heavy atom. The lowest BCUT2D eigenvalue weighted by molar-refractivity contribution is -0.137. The molecule has 2 fully saturated rings. The molecule has 3 N–H and O–H groups in total. The molecule has 0 aromatic heterocycles. The Morgan fingerprint density at radius 2 is 2.00 bits per heavy atom. The van der Waals surface area contributed by atoms with Crippen molar-refractivity contribution in [3.63, 3.8) is 0 Å². The van der Waals surface area contributed by atoms with Crippen molar-refractivity contribution in [2.45, 2.75) is 64.0 Å². The molecule has 0 spiro atoms. The maximum Gasteiger partial charge on any atom is 0.304 e. The Kier molecular flexibility index (Phi) is 7.12. The van der Waals surface area contributed by atoms with Crippen LogP contribution in [0.3, 0.4) is 0 Å². The van der Waals surface area contributed by atoms with E-state index in [-0.39, 0.29) is 18.4 Å². The zero-order valence-corrected chi connectivity index (χ0v) is 13.8. The average molecular weight is 312 g/mol. The molecule has 1 aliphatic heterocycles. The molecule has 0 bridgehead atoms. The van der Waals surface area contributed by atoms with Gasteiger partial charge in [-0.15, -0.1) is 0 Å². The molecule has 22 heavy (non-hydrogen) atoms. The van der Waals surface area contributed by atoms with E-state index in [0.29, 0.717) is 12.6 Å². The molecule has 1 heterocycles. The van der Waals surface area contributed by atoms with Crippen LogP contribution in [0.5, 0.6) is 0 Å².